The third kappa shape index (κ3) is 4.27. The highest BCUT2D eigenvalue weighted by molar-refractivity contribution is 5.85. The van der Waals surface area contributed by atoms with Crippen LogP contribution >= 0.6 is 0 Å². The lowest BCUT2D eigenvalue weighted by molar-refractivity contribution is -0.146. The summed E-state index contributed by atoms with van der Waals surface area (Å²) in [5.74, 6) is 0.855. The molecule has 3 amide bonds. The van der Waals surface area contributed by atoms with Crippen LogP contribution in [-0.2, 0) is 9.53 Å². The summed E-state index contributed by atoms with van der Waals surface area (Å²) in [7, 11) is 1.66. The van der Waals surface area contributed by atoms with E-state index in [9.17, 15) is 9.59 Å². The number of nitrogens with zero attached hydrogens (tertiary/aromatic N) is 2. The number of urea groups is 1. The molecule has 1 spiro atoms. The van der Waals surface area contributed by atoms with Crippen LogP contribution in [0.15, 0.2) is 0 Å². The number of ether oxygens (including phenoxy) is 1. The predicted octanol–water partition coefficient (Wildman–Crippen LogP) is 2.24. The topological polar surface area (TPSA) is 61.9 Å². The molecule has 0 aromatic carbocycles. The molecule has 3 rings (SSSR count). The van der Waals surface area contributed by atoms with E-state index in [-0.39, 0.29) is 17.4 Å². The molecular weight excluding hydrogens is 318 g/mol. The highest BCUT2D eigenvalue weighted by Gasteiger charge is 2.49. The minimum absolute atomic E-state index is 0.0178. The molecule has 3 aliphatic rings. The van der Waals surface area contributed by atoms with Crippen LogP contribution in [0.1, 0.15) is 51.4 Å². The first-order chi connectivity index (χ1) is 12.1. The van der Waals surface area contributed by atoms with E-state index in [0.717, 1.165) is 32.4 Å². The van der Waals surface area contributed by atoms with Gasteiger partial charge < -0.3 is 19.9 Å². The summed E-state index contributed by atoms with van der Waals surface area (Å²) in [5.41, 5.74) is -0.353. The van der Waals surface area contributed by atoms with Crippen LogP contribution in [0.3, 0.4) is 0 Å². The third-order valence-corrected chi connectivity index (χ3v) is 6.30. The summed E-state index contributed by atoms with van der Waals surface area (Å²) in [4.78, 5) is 29.3. The van der Waals surface area contributed by atoms with E-state index in [1.54, 1.807) is 7.11 Å². The molecule has 0 aromatic heterocycles. The van der Waals surface area contributed by atoms with Gasteiger partial charge in [-0.25, -0.2) is 4.79 Å². The van der Waals surface area contributed by atoms with Gasteiger partial charge in [0, 0.05) is 39.8 Å². The van der Waals surface area contributed by atoms with E-state index in [0.29, 0.717) is 32.2 Å². The first kappa shape index (κ1) is 18.5. The van der Waals surface area contributed by atoms with Crippen molar-refractivity contribution in [3.8, 4) is 0 Å². The third-order valence-electron chi connectivity index (χ3n) is 6.30. The molecule has 1 N–H and O–H groups in total. The van der Waals surface area contributed by atoms with Crippen molar-refractivity contribution < 1.29 is 14.3 Å². The highest BCUT2D eigenvalue weighted by atomic mass is 16.5. The van der Waals surface area contributed by atoms with Gasteiger partial charge >= 0.3 is 6.03 Å². The van der Waals surface area contributed by atoms with Gasteiger partial charge in [-0.1, -0.05) is 19.3 Å². The molecule has 6 heteroatoms. The fourth-order valence-corrected chi connectivity index (χ4v) is 4.73. The number of hydrogen-bond acceptors (Lipinski definition) is 3. The van der Waals surface area contributed by atoms with Crippen LogP contribution in [0.4, 0.5) is 4.79 Å². The van der Waals surface area contributed by atoms with Gasteiger partial charge in [-0.3, -0.25) is 4.79 Å². The van der Waals surface area contributed by atoms with Crippen LogP contribution in [0.2, 0.25) is 0 Å². The Labute approximate surface area is 151 Å². The molecule has 0 aromatic rings. The Hall–Kier alpha value is -1.30. The molecule has 2 aliphatic heterocycles. The Morgan fingerprint density at radius 3 is 2.76 bits per heavy atom. The zero-order valence-corrected chi connectivity index (χ0v) is 15.6. The Morgan fingerprint density at radius 1 is 1.20 bits per heavy atom. The molecule has 25 heavy (non-hydrogen) atoms. The van der Waals surface area contributed by atoms with Gasteiger partial charge in [-0.15, -0.1) is 0 Å². The molecule has 1 saturated carbocycles. The molecular formula is C19H33N3O3. The number of nitrogens with one attached hydrogen (secondary N) is 1. The van der Waals surface area contributed by atoms with Gasteiger partial charge in [0.2, 0.25) is 5.91 Å². The zero-order valence-electron chi connectivity index (χ0n) is 15.6. The number of carbonyl (C=O) groups is 2. The molecule has 3 fully saturated rings. The molecule has 2 heterocycles. The minimum Gasteiger partial charge on any atom is -0.383 e. The van der Waals surface area contributed by atoms with E-state index in [4.69, 9.17) is 4.74 Å². The number of carbonyl (C=O) groups excluding carboxylic acids is 2. The molecule has 6 nitrogen and oxygen atoms in total. The second-order valence-electron chi connectivity index (χ2n) is 8.03. The van der Waals surface area contributed by atoms with Crippen molar-refractivity contribution in [3.63, 3.8) is 0 Å². The molecule has 1 atom stereocenters. The van der Waals surface area contributed by atoms with Crippen molar-refractivity contribution >= 4 is 11.9 Å². The Bertz CT molecular complexity index is 479. The van der Waals surface area contributed by atoms with Crippen LogP contribution in [0.5, 0.6) is 0 Å². The number of hydrogen-bond donors (Lipinski definition) is 1. The predicted molar refractivity (Wildman–Crippen MR) is 96.3 cm³/mol. The van der Waals surface area contributed by atoms with Crippen LogP contribution in [0.25, 0.3) is 0 Å². The van der Waals surface area contributed by atoms with Crippen molar-refractivity contribution in [1.29, 1.82) is 0 Å². The Morgan fingerprint density at radius 2 is 2.00 bits per heavy atom. The first-order valence-electron chi connectivity index (χ1n) is 9.96. The fourth-order valence-electron chi connectivity index (χ4n) is 4.73. The summed E-state index contributed by atoms with van der Waals surface area (Å²) in [5, 5.41) is 3.12. The summed E-state index contributed by atoms with van der Waals surface area (Å²) in [6.45, 7) is 4.11. The number of methoxy groups -OCH3 is 1. The number of rotatable bonds is 5. The normalized spacial score (nSPS) is 28.0. The van der Waals surface area contributed by atoms with Crippen LogP contribution in [0, 0.1) is 11.3 Å². The Balaban J connectivity index is 1.51. The lowest BCUT2D eigenvalue weighted by Gasteiger charge is -2.39. The number of likely N-dealkylation sites (tertiary alicyclic amines) is 2. The number of piperidine rings is 1. The second kappa shape index (κ2) is 8.39. The van der Waals surface area contributed by atoms with Gasteiger partial charge in [0.1, 0.15) is 0 Å². The minimum atomic E-state index is -0.353. The maximum Gasteiger partial charge on any atom is 0.317 e. The van der Waals surface area contributed by atoms with Crippen molar-refractivity contribution in [1.82, 2.24) is 15.1 Å². The molecule has 0 bridgehead atoms. The SMILES string of the molecule is COCCN1CCC[C@]2(CCN(C(=O)NCC3CCCCC3)C2)C1=O. The van der Waals surface area contributed by atoms with Gasteiger partial charge in [0.15, 0.2) is 0 Å². The lowest BCUT2D eigenvalue weighted by atomic mass is 9.78. The average Bonchev–Trinajstić information content (AvgIpc) is 3.07. The van der Waals surface area contributed by atoms with Crippen molar-refractivity contribution in [2.45, 2.75) is 51.4 Å². The standard InChI is InChI=1S/C19H33N3O3/c1-25-13-12-21-10-5-8-19(17(21)23)9-11-22(15-19)18(24)20-14-16-6-3-2-4-7-16/h16H,2-15H2,1H3,(H,20,24)/t19-/m1/s1. The van der Waals surface area contributed by atoms with E-state index < -0.39 is 0 Å². The fraction of sp³-hybridized carbons (Fsp3) is 0.895. The number of amides is 3. The second-order valence-corrected chi connectivity index (χ2v) is 8.03. The summed E-state index contributed by atoms with van der Waals surface area (Å²) in [6.07, 6.45) is 9.11. The van der Waals surface area contributed by atoms with E-state index in [1.807, 2.05) is 9.80 Å². The maximum absolute atomic E-state index is 12.9. The summed E-state index contributed by atoms with van der Waals surface area (Å²) >= 11 is 0. The molecule has 1 aliphatic carbocycles. The zero-order chi connectivity index (χ0) is 17.7. The molecule has 0 radical (unpaired) electrons. The van der Waals surface area contributed by atoms with Crippen molar-refractivity contribution in [3.05, 3.63) is 0 Å². The van der Waals surface area contributed by atoms with Gasteiger partial charge in [-0.05, 0) is 38.0 Å². The maximum atomic E-state index is 12.9. The largest absolute Gasteiger partial charge is 0.383 e. The smallest absolute Gasteiger partial charge is 0.317 e. The van der Waals surface area contributed by atoms with Crippen molar-refractivity contribution in [2.24, 2.45) is 11.3 Å². The summed E-state index contributed by atoms with van der Waals surface area (Å²) < 4.78 is 5.12. The monoisotopic (exact) mass is 351 g/mol. The van der Waals surface area contributed by atoms with Gasteiger partial charge in [0.05, 0.1) is 12.0 Å². The lowest BCUT2D eigenvalue weighted by Crippen LogP contribution is -2.51. The Kier molecular flexibility index (Phi) is 6.20. The van der Waals surface area contributed by atoms with E-state index >= 15 is 0 Å². The summed E-state index contributed by atoms with van der Waals surface area (Å²) in [6, 6.07) is 0.0178. The molecule has 2 saturated heterocycles. The van der Waals surface area contributed by atoms with E-state index in [2.05, 4.69) is 5.32 Å². The molecule has 142 valence electrons. The van der Waals surface area contributed by atoms with Gasteiger partial charge in [0.25, 0.3) is 0 Å². The molecule has 0 unspecified atom stereocenters. The highest BCUT2D eigenvalue weighted by Crippen LogP contribution is 2.40. The van der Waals surface area contributed by atoms with E-state index in [1.165, 1.54) is 32.1 Å². The van der Waals surface area contributed by atoms with Gasteiger partial charge in [-0.2, -0.15) is 0 Å². The van der Waals surface area contributed by atoms with Crippen LogP contribution < -0.4 is 5.32 Å². The average molecular weight is 351 g/mol. The van der Waals surface area contributed by atoms with Crippen molar-refractivity contribution in [2.75, 3.05) is 46.4 Å². The quantitative estimate of drug-likeness (QED) is 0.826. The van der Waals surface area contributed by atoms with Crippen LogP contribution in [-0.4, -0.2) is 68.2 Å². The first-order valence-corrected chi connectivity index (χ1v) is 9.96.